The van der Waals surface area contributed by atoms with Gasteiger partial charge in [0.2, 0.25) is 0 Å². The largest absolute Gasteiger partial charge is 0.451 e. The molecule has 0 saturated heterocycles. The number of carbonyl (C=O) groups excluding carboxylic acids is 4. The molecule has 7 nitrogen and oxygen atoms in total. The highest BCUT2D eigenvalue weighted by Crippen LogP contribution is 2.28. The number of esters is 1. The van der Waals surface area contributed by atoms with Crippen molar-refractivity contribution in [2.45, 2.75) is 32.3 Å². The number of hydrogen-bond acceptors (Lipinski definition) is 5. The predicted octanol–water partition coefficient (Wildman–Crippen LogP) is 2.46. The van der Waals surface area contributed by atoms with Crippen LogP contribution in [0.2, 0.25) is 0 Å². The highest BCUT2D eigenvalue weighted by molar-refractivity contribution is 6.52. The zero-order valence-electron chi connectivity index (χ0n) is 17.0. The predicted molar refractivity (Wildman–Crippen MR) is 111 cm³/mol. The van der Waals surface area contributed by atoms with Gasteiger partial charge in [-0.1, -0.05) is 49.4 Å². The molecule has 0 bridgehead atoms. The van der Waals surface area contributed by atoms with Crippen LogP contribution in [0.1, 0.15) is 42.1 Å². The van der Waals surface area contributed by atoms with Gasteiger partial charge in [0.25, 0.3) is 17.6 Å². The number of carbonyl (C=O) groups is 4. The Bertz CT molecular complexity index is 957. The van der Waals surface area contributed by atoms with Crippen molar-refractivity contribution in [3.63, 3.8) is 0 Å². The van der Waals surface area contributed by atoms with E-state index in [0.717, 1.165) is 16.9 Å². The van der Waals surface area contributed by atoms with Crippen LogP contribution in [0, 0.1) is 0 Å². The number of ketones is 1. The fourth-order valence-electron chi connectivity index (χ4n) is 3.41. The number of rotatable bonds is 8. The molecule has 0 aliphatic carbocycles. The van der Waals surface area contributed by atoms with Gasteiger partial charge in [-0.2, -0.15) is 0 Å². The third-order valence-electron chi connectivity index (χ3n) is 5.13. The molecular weight excluding hydrogens is 384 g/mol. The number of anilines is 1. The lowest BCUT2D eigenvalue weighted by atomic mass is 9.96. The number of amides is 2. The zero-order chi connectivity index (χ0) is 21.7. The zero-order valence-corrected chi connectivity index (χ0v) is 17.0. The van der Waals surface area contributed by atoms with Crippen LogP contribution >= 0.6 is 0 Å². The maximum absolute atomic E-state index is 12.4. The van der Waals surface area contributed by atoms with Crippen molar-refractivity contribution >= 4 is 29.3 Å². The Morgan fingerprint density at radius 2 is 1.70 bits per heavy atom. The van der Waals surface area contributed by atoms with Gasteiger partial charge in [-0.15, -0.1) is 0 Å². The molecule has 7 heteroatoms. The van der Waals surface area contributed by atoms with E-state index in [9.17, 15) is 19.2 Å². The van der Waals surface area contributed by atoms with Gasteiger partial charge in [0, 0.05) is 12.5 Å². The first-order valence-corrected chi connectivity index (χ1v) is 9.89. The molecule has 0 saturated carbocycles. The van der Waals surface area contributed by atoms with Gasteiger partial charge in [-0.05, 0) is 31.0 Å². The minimum atomic E-state index is -1.02. The summed E-state index contributed by atoms with van der Waals surface area (Å²) in [5, 5.41) is 2.81. The van der Waals surface area contributed by atoms with Gasteiger partial charge in [0.15, 0.2) is 6.10 Å². The smallest absolute Gasteiger partial charge is 0.326 e. The van der Waals surface area contributed by atoms with Crippen molar-refractivity contribution in [2.75, 3.05) is 18.0 Å². The molecule has 0 aromatic heterocycles. The van der Waals surface area contributed by atoms with Gasteiger partial charge in [0.05, 0.1) is 11.3 Å². The normalized spacial score (nSPS) is 14.8. The van der Waals surface area contributed by atoms with Crippen molar-refractivity contribution in [1.29, 1.82) is 0 Å². The maximum Gasteiger partial charge on any atom is 0.326 e. The lowest BCUT2D eigenvalue weighted by molar-refractivity contribution is -0.153. The Morgan fingerprint density at radius 3 is 2.40 bits per heavy atom. The van der Waals surface area contributed by atoms with Crippen LogP contribution in [0.25, 0.3) is 0 Å². The molecule has 2 atom stereocenters. The summed E-state index contributed by atoms with van der Waals surface area (Å²) in [6.07, 6.45) is -0.169. The molecule has 30 heavy (non-hydrogen) atoms. The van der Waals surface area contributed by atoms with E-state index in [1.54, 1.807) is 18.2 Å². The van der Waals surface area contributed by atoms with Crippen LogP contribution in [-0.2, 0) is 19.1 Å². The molecule has 1 heterocycles. The molecule has 2 amide bonds. The minimum Gasteiger partial charge on any atom is -0.451 e. The number of fused-ring (bicyclic) bond motifs is 1. The Labute approximate surface area is 175 Å². The molecule has 0 unspecified atom stereocenters. The van der Waals surface area contributed by atoms with E-state index in [4.69, 9.17) is 4.74 Å². The summed E-state index contributed by atoms with van der Waals surface area (Å²) in [7, 11) is 0. The van der Waals surface area contributed by atoms with Crippen LogP contribution in [0.5, 0.6) is 0 Å². The van der Waals surface area contributed by atoms with Crippen molar-refractivity contribution in [1.82, 2.24) is 5.32 Å². The van der Waals surface area contributed by atoms with Crippen LogP contribution < -0.4 is 10.2 Å². The summed E-state index contributed by atoms with van der Waals surface area (Å²) >= 11 is 0. The van der Waals surface area contributed by atoms with Crippen molar-refractivity contribution in [3.8, 4) is 0 Å². The topological polar surface area (TPSA) is 92.8 Å². The summed E-state index contributed by atoms with van der Waals surface area (Å²) in [4.78, 5) is 49.9. The van der Waals surface area contributed by atoms with Crippen LogP contribution in [0.3, 0.4) is 0 Å². The number of para-hydroxylation sites is 1. The lowest BCUT2D eigenvalue weighted by Crippen LogP contribution is -2.41. The van der Waals surface area contributed by atoms with Gasteiger partial charge in [-0.3, -0.25) is 24.1 Å². The fourth-order valence-corrected chi connectivity index (χ4v) is 3.41. The molecule has 1 aliphatic rings. The van der Waals surface area contributed by atoms with Gasteiger partial charge in [-0.25, -0.2) is 0 Å². The highest BCUT2D eigenvalue weighted by atomic mass is 16.5. The van der Waals surface area contributed by atoms with E-state index in [2.05, 4.69) is 5.32 Å². The minimum absolute atomic E-state index is 0.155. The molecule has 0 spiro atoms. The first-order valence-electron chi connectivity index (χ1n) is 9.89. The average molecular weight is 408 g/mol. The van der Waals surface area contributed by atoms with E-state index in [-0.39, 0.29) is 11.5 Å². The number of nitrogens with zero attached hydrogens (tertiary/aromatic N) is 1. The molecule has 1 aliphatic heterocycles. The Balaban J connectivity index is 1.53. The molecule has 1 N–H and O–H groups in total. The number of nitrogens with one attached hydrogen (secondary N) is 1. The van der Waals surface area contributed by atoms with Gasteiger partial charge in [0.1, 0.15) is 6.54 Å². The lowest BCUT2D eigenvalue weighted by Gasteiger charge is -2.20. The van der Waals surface area contributed by atoms with E-state index in [1.165, 1.54) is 13.0 Å². The molecule has 0 fully saturated rings. The summed E-state index contributed by atoms with van der Waals surface area (Å²) < 4.78 is 5.19. The van der Waals surface area contributed by atoms with Crippen molar-refractivity contribution in [2.24, 2.45) is 0 Å². The molecular formula is C23H24N2O5. The van der Waals surface area contributed by atoms with Crippen molar-refractivity contribution < 1.29 is 23.9 Å². The monoisotopic (exact) mass is 408 g/mol. The Kier molecular flexibility index (Phi) is 6.61. The Morgan fingerprint density at radius 1 is 1.03 bits per heavy atom. The fraction of sp³-hybridized carbons (Fsp3) is 0.304. The average Bonchev–Trinajstić information content (AvgIpc) is 2.99. The quantitative estimate of drug-likeness (QED) is 0.535. The number of ether oxygens (including phenoxy) is 1. The Hall–Kier alpha value is -3.48. The molecule has 3 rings (SSSR count). The summed E-state index contributed by atoms with van der Waals surface area (Å²) in [6.45, 7) is 3.51. The van der Waals surface area contributed by atoms with Gasteiger partial charge < -0.3 is 10.1 Å². The molecule has 2 aromatic carbocycles. The first-order chi connectivity index (χ1) is 14.4. The van der Waals surface area contributed by atoms with E-state index in [1.807, 2.05) is 37.3 Å². The van der Waals surface area contributed by atoms with E-state index >= 15 is 0 Å². The molecule has 0 radical (unpaired) electrons. The van der Waals surface area contributed by atoms with Crippen LogP contribution in [0.15, 0.2) is 54.6 Å². The second-order valence-corrected chi connectivity index (χ2v) is 7.13. The summed E-state index contributed by atoms with van der Waals surface area (Å²) in [5.41, 5.74) is 1.75. The second kappa shape index (κ2) is 9.35. The number of Topliss-reactive ketones (excluding diaryl/α,β-unsaturated/α-hetero) is 1. The summed E-state index contributed by atoms with van der Waals surface area (Å²) in [6, 6.07) is 16.3. The van der Waals surface area contributed by atoms with E-state index in [0.29, 0.717) is 12.2 Å². The number of benzene rings is 2. The van der Waals surface area contributed by atoms with Gasteiger partial charge >= 0.3 is 5.97 Å². The third-order valence-corrected chi connectivity index (χ3v) is 5.13. The standard InChI is InChI=1S/C23H24N2O5/c1-3-16(17-9-5-4-6-10-17)13-24-22(28)15(2)30-20(26)14-25-19-12-8-7-11-18(19)21(27)23(25)29/h4-12,15-16H,3,13-14H2,1-2H3,(H,24,28)/t15-,16+/m0/s1. The van der Waals surface area contributed by atoms with Crippen LogP contribution in [0.4, 0.5) is 5.69 Å². The highest BCUT2D eigenvalue weighted by Gasteiger charge is 2.37. The maximum atomic E-state index is 12.4. The summed E-state index contributed by atoms with van der Waals surface area (Å²) in [5.74, 6) is -2.45. The molecule has 2 aromatic rings. The van der Waals surface area contributed by atoms with Crippen molar-refractivity contribution in [3.05, 3.63) is 65.7 Å². The SMILES string of the molecule is CC[C@H](CNC(=O)[C@H](C)OC(=O)CN1C(=O)C(=O)c2ccccc21)c1ccccc1. The third kappa shape index (κ3) is 4.56. The number of hydrogen-bond donors (Lipinski definition) is 1. The van der Waals surface area contributed by atoms with E-state index < -0.39 is 36.2 Å². The van der Waals surface area contributed by atoms with Crippen LogP contribution in [-0.4, -0.2) is 42.8 Å². The first kappa shape index (κ1) is 21.2. The molecule has 156 valence electrons. The second-order valence-electron chi connectivity index (χ2n) is 7.13.